The highest BCUT2D eigenvalue weighted by atomic mass is 16.1. The Morgan fingerprint density at radius 3 is 2.88 bits per heavy atom. The van der Waals surface area contributed by atoms with E-state index in [2.05, 4.69) is 21.5 Å². The summed E-state index contributed by atoms with van der Waals surface area (Å²) in [6.45, 7) is 0. The molecule has 164 valence electrons. The highest BCUT2D eigenvalue weighted by molar-refractivity contribution is 6.09. The zero-order valence-electron chi connectivity index (χ0n) is 18.2. The van der Waals surface area contributed by atoms with Crippen LogP contribution < -0.4 is 5.32 Å². The van der Waals surface area contributed by atoms with Gasteiger partial charge in [0, 0.05) is 30.1 Å². The molecule has 2 aliphatic carbocycles. The predicted molar refractivity (Wildman–Crippen MR) is 126 cm³/mol. The van der Waals surface area contributed by atoms with Crippen molar-refractivity contribution in [1.29, 1.82) is 0 Å². The van der Waals surface area contributed by atoms with Crippen LogP contribution in [0.2, 0.25) is 0 Å². The Labute approximate surface area is 191 Å². The maximum absolute atomic E-state index is 12.9. The van der Waals surface area contributed by atoms with Crippen molar-refractivity contribution < 1.29 is 4.79 Å². The van der Waals surface area contributed by atoms with Crippen LogP contribution in [0.1, 0.15) is 71.0 Å². The summed E-state index contributed by atoms with van der Waals surface area (Å²) in [5.74, 6) is 1.32. The van der Waals surface area contributed by atoms with E-state index in [1.54, 1.807) is 29.2 Å². The second kappa shape index (κ2) is 8.24. The summed E-state index contributed by atoms with van der Waals surface area (Å²) in [4.78, 5) is 26.7. The topological polar surface area (TPSA) is 85.1 Å². The van der Waals surface area contributed by atoms with Crippen LogP contribution in [0.3, 0.4) is 0 Å². The zero-order valence-corrected chi connectivity index (χ0v) is 18.2. The van der Waals surface area contributed by atoms with Crippen molar-refractivity contribution in [1.82, 2.24) is 24.6 Å². The lowest BCUT2D eigenvalue weighted by Gasteiger charge is -2.24. The van der Waals surface area contributed by atoms with Gasteiger partial charge in [-0.2, -0.15) is 5.10 Å². The lowest BCUT2D eigenvalue weighted by molar-refractivity contribution is 0.102. The molecule has 0 spiro atoms. The fraction of sp³-hybridized carbons (Fsp3) is 0.269. The van der Waals surface area contributed by atoms with Gasteiger partial charge in [0.05, 0.1) is 34.9 Å². The van der Waals surface area contributed by atoms with Crippen molar-refractivity contribution >= 4 is 22.7 Å². The molecule has 1 saturated carbocycles. The van der Waals surface area contributed by atoms with Gasteiger partial charge in [0.1, 0.15) is 5.82 Å². The zero-order chi connectivity index (χ0) is 22.2. The van der Waals surface area contributed by atoms with E-state index >= 15 is 0 Å². The van der Waals surface area contributed by atoms with Crippen LogP contribution in [0.15, 0.2) is 61.3 Å². The minimum absolute atomic E-state index is 0.209. The van der Waals surface area contributed by atoms with E-state index in [1.165, 1.54) is 19.3 Å². The number of anilines is 1. The second-order valence-corrected chi connectivity index (χ2v) is 8.73. The Hall–Kier alpha value is -3.87. The van der Waals surface area contributed by atoms with Crippen LogP contribution in [0.25, 0.3) is 11.1 Å². The van der Waals surface area contributed by atoms with E-state index in [9.17, 15) is 4.79 Å². The monoisotopic (exact) mass is 436 g/mol. The molecular formula is C26H24N6O. The van der Waals surface area contributed by atoms with Gasteiger partial charge in [0.15, 0.2) is 0 Å². The first-order valence-electron chi connectivity index (χ1n) is 11.5. The summed E-state index contributed by atoms with van der Waals surface area (Å²) < 4.78 is 1.73. The van der Waals surface area contributed by atoms with E-state index in [1.807, 2.05) is 30.6 Å². The van der Waals surface area contributed by atoms with Crippen LogP contribution in [0.5, 0.6) is 0 Å². The standard InChI is InChI=1S/C26H24N6O/c33-26(30-19-7-4-11-27-14-19)22-16-29-32-12-10-18(13-24(22)32)20-8-1-2-9-23-21(20)15-28-25(31-23)17-5-3-6-17/h4,7-8,10-17H,1-3,5-6,9H2,(H,30,33). The highest BCUT2D eigenvalue weighted by Gasteiger charge is 2.24. The van der Waals surface area contributed by atoms with Crippen LogP contribution in [-0.4, -0.2) is 30.5 Å². The van der Waals surface area contributed by atoms with E-state index in [0.29, 0.717) is 17.2 Å². The SMILES string of the molecule is O=C(Nc1cccnc1)c1cnn2ccc(C3=CCCCc4nc(C5CCC5)ncc43)cc12. The summed E-state index contributed by atoms with van der Waals surface area (Å²) in [6, 6.07) is 7.68. The van der Waals surface area contributed by atoms with E-state index in [-0.39, 0.29) is 5.91 Å². The summed E-state index contributed by atoms with van der Waals surface area (Å²) in [6.07, 6.45) is 17.8. The summed E-state index contributed by atoms with van der Waals surface area (Å²) in [7, 11) is 0. The number of fused-ring (bicyclic) bond motifs is 2. The molecule has 4 aromatic rings. The van der Waals surface area contributed by atoms with Crippen LogP contribution in [0.4, 0.5) is 5.69 Å². The molecule has 0 saturated heterocycles. The third-order valence-electron chi connectivity index (χ3n) is 6.61. The van der Waals surface area contributed by atoms with Gasteiger partial charge in [-0.25, -0.2) is 14.5 Å². The number of amides is 1. The van der Waals surface area contributed by atoms with Crippen LogP contribution in [0, 0.1) is 0 Å². The Bertz CT molecular complexity index is 1370. The van der Waals surface area contributed by atoms with Crippen LogP contribution >= 0.6 is 0 Å². The molecule has 0 radical (unpaired) electrons. The Kier molecular flexibility index (Phi) is 4.94. The summed E-state index contributed by atoms with van der Waals surface area (Å²) in [5, 5.41) is 7.27. The third kappa shape index (κ3) is 3.69. The largest absolute Gasteiger partial charge is 0.320 e. The average molecular weight is 437 g/mol. The maximum Gasteiger partial charge on any atom is 0.259 e. The molecule has 7 heteroatoms. The molecule has 1 amide bonds. The molecule has 2 aliphatic rings. The van der Waals surface area contributed by atoms with Gasteiger partial charge in [-0.1, -0.05) is 12.5 Å². The van der Waals surface area contributed by atoms with Gasteiger partial charge in [-0.15, -0.1) is 0 Å². The molecule has 4 heterocycles. The quantitative estimate of drug-likeness (QED) is 0.496. The molecule has 1 fully saturated rings. The number of aryl methyl sites for hydroxylation is 1. The van der Waals surface area contributed by atoms with E-state index < -0.39 is 0 Å². The fourth-order valence-electron chi connectivity index (χ4n) is 4.57. The average Bonchev–Trinajstić information content (AvgIpc) is 3.11. The van der Waals surface area contributed by atoms with Gasteiger partial charge in [0.2, 0.25) is 0 Å². The number of carbonyl (C=O) groups excluding carboxylic acids is 1. The van der Waals surface area contributed by atoms with Crippen LogP contribution in [-0.2, 0) is 6.42 Å². The fourth-order valence-corrected chi connectivity index (χ4v) is 4.57. The minimum Gasteiger partial charge on any atom is -0.320 e. The molecule has 7 nitrogen and oxygen atoms in total. The number of allylic oxidation sites excluding steroid dienone is 1. The van der Waals surface area contributed by atoms with Crippen molar-refractivity contribution in [3.05, 3.63) is 89.5 Å². The highest BCUT2D eigenvalue weighted by Crippen LogP contribution is 2.36. The maximum atomic E-state index is 12.9. The summed E-state index contributed by atoms with van der Waals surface area (Å²) in [5.41, 5.74) is 6.34. The number of hydrogen-bond acceptors (Lipinski definition) is 5. The Morgan fingerprint density at radius 1 is 1.12 bits per heavy atom. The van der Waals surface area contributed by atoms with Gasteiger partial charge < -0.3 is 5.32 Å². The smallest absolute Gasteiger partial charge is 0.259 e. The van der Waals surface area contributed by atoms with Crippen molar-refractivity contribution in [3.63, 3.8) is 0 Å². The molecule has 6 rings (SSSR count). The molecule has 1 N–H and O–H groups in total. The van der Waals surface area contributed by atoms with Gasteiger partial charge in [0.25, 0.3) is 5.91 Å². The number of pyridine rings is 2. The number of hydrogen-bond donors (Lipinski definition) is 1. The molecular weight excluding hydrogens is 412 g/mol. The van der Waals surface area contributed by atoms with Gasteiger partial charge >= 0.3 is 0 Å². The van der Waals surface area contributed by atoms with Crippen molar-refractivity contribution in [2.75, 3.05) is 5.32 Å². The van der Waals surface area contributed by atoms with Crippen molar-refractivity contribution in [2.45, 2.75) is 44.4 Å². The number of nitrogens with one attached hydrogen (secondary N) is 1. The first-order valence-corrected chi connectivity index (χ1v) is 11.5. The van der Waals surface area contributed by atoms with Gasteiger partial charge in [-0.05, 0) is 67.5 Å². The Morgan fingerprint density at radius 2 is 2.06 bits per heavy atom. The molecule has 0 unspecified atom stereocenters. The lowest BCUT2D eigenvalue weighted by atomic mass is 9.84. The van der Waals surface area contributed by atoms with Crippen molar-refractivity contribution in [3.8, 4) is 0 Å². The number of carbonyl (C=O) groups is 1. The number of aromatic nitrogens is 5. The van der Waals surface area contributed by atoms with Gasteiger partial charge in [-0.3, -0.25) is 9.78 Å². The predicted octanol–water partition coefficient (Wildman–Crippen LogP) is 4.81. The lowest BCUT2D eigenvalue weighted by Crippen LogP contribution is -2.14. The molecule has 33 heavy (non-hydrogen) atoms. The first-order chi connectivity index (χ1) is 16.3. The van der Waals surface area contributed by atoms with E-state index in [4.69, 9.17) is 9.97 Å². The molecule has 4 aromatic heterocycles. The Balaban J connectivity index is 1.37. The number of rotatable bonds is 4. The van der Waals surface area contributed by atoms with E-state index in [0.717, 1.165) is 53.0 Å². The molecule has 0 atom stereocenters. The summed E-state index contributed by atoms with van der Waals surface area (Å²) >= 11 is 0. The van der Waals surface area contributed by atoms with Crippen molar-refractivity contribution in [2.24, 2.45) is 0 Å². The number of nitrogens with zero attached hydrogens (tertiary/aromatic N) is 5. The molecule has 0 aliphatic heterocycles. The normalized spacial score (nSPS) is 15.9. The first kappa shape index (κ1) is 19.8. The minimum atomic E-state index is -0.209. The molecule has 0 bridgehead atoms. The molecule has 0 aromatic carbocycles. The third-order valence-corrected chi connectivity index (χ3v) is 6.61. The second-order valence-electron chi connectivity index (χ2n) is 8.73.